The number of hydrogen-bond donors (Lipinski definition) is 2. The molecule has 1 aromatic heterocycles. The Balaban J connectivity index is 0.00000192. The molecule has 124 valence electrons. The molecule has 1 aromatic carbocycles. The first kappa shape index (κ1) is 17.4. The topological polar surface area (TPSA) is 103 Å². The van der Waals surface area contributed by atoms with Crippen molar-refractivity contribution in [2.24, 2.45) is 11.7 Å². The first-order chi connectivity index (χ1) is 10.7. The van der Waals surface area contributed by atoms with Crippen molar-refractivity contribution >= 4 is 24.0 Å². The molecule has 23 heavy (non-hydrogen) atoms. The Labute approximate surface area is 140 Å². The maximum atomic E-state index is 12.2. The zero-order valence-corrected chi connectivity index (χ0v) is 13.3. The van der Waals surface area contributed by atoms with Crippen LogP contribution in [0.3, 0.4) is 0 Å². The summed E-state index contributed by atoms with van der Waals surface area (Å²) in [4.78, 5) is 16.2. The van der Waals surface area contributed by atoms with E-state index in [1.807, 2.05) is 12.1 Å². The molecule has 0 bridgehead atoms. The molecule has 1 aliphatic rings. The second-order valence-electron chi connectivity index (χ2n) is 5.30. The van der Waals surface area contributed by atoms with E-state index < -0.39 is 6.04 Å². The highest BCUT2D eigenvalue weighted by Gasteiger charge is 2.26. The van der Waals surface area contributed by atoms with Gasteiger partial charge >= 0.3 is 0 Å². The summed E-state index contributed by atoms with van der Waals surface area (Å²) in [5, 5.41) is 6.60. The number of carbonyl (C=O) groups is 1. The fraction of sp³-hybridized carbons (Fsp3) is 0.400. The Morgan fingerprint density at radius 1 is 1.26 bits per heavy atom. The van der Waals surface area contributed by atoms with Crippen LogP contribution in [0.2, 0.25) is 0 Å². The van der Waals surface area contributed by atoms with Crippen molar-refractivity contribution in [3.63, 3.8) is 0 Å². The van der Waals surface area contributed by atoms with Gasteiger partial charge in [-0.25, -0.2) is 0 Å². The van der Waals surface area contributed by atoms with Gasteiger partial charge in [-0.3, -0.25) is 4.79 Å². The Hall–Kier alpha value is -1.96. The fourth-order valence-electron chi connectivity index (χ4n) is 2.52. The van der Waals surface area contributed by atoms with Gasteiger partial charge in [0, 0.05) is 24.5 Å². The number of carbonyl (C=O) groups excluding carboxylic acids is 1. The van der Waals surface area contributed by atoms with Crippen LogP contribution in [-0.4, -0.2) is 35.3 Å². The van der Waals surface area contributed by atoms with Gasteiger partial charge in [0.05, 0.1) is 6.04 Å². The molecule has 1 unspecified atom stereocenters. The Bertz CT molecular complexity index is 612. The molecule has 0 saturated carbocycles. The molecule has 2 heterocycles. The lowest BCUT2D eigenvalue weighted by Gasteiger charge is -2.26. The number of anilines is 1. The maximum Gasteiger partial charge on any atom is 0.241 e. The average Bonchev–Trinajstić information content (AvgIpc) is 3.10. The number of benzene rings is 1. The van der Waals surface area contributed by atoms with E-state index in [0.717, 1.165) is 18.4 Å². The van der Waals surface area contributed by atoms with Crippen LogP contribution in [0.4, 0.5) is 5.69 Å². The zero-order chi connectivity index (χ0) is 15.4. The number of hydrogen-bond acceptors (Lipinski definition) is 6. The number of amides is 1. The maximum absolute atomic E-state index is 12.2. The van der Waals surface area contributed by atoms with Crippen LogP contribution in [-0.2, 0) is 9.53 Å². The summed E-state index contributed by atoms with van der Waals surface area (Å²) in [7, 11) is 0. The highest BCUT2D eigenvalue weighted by Crippen LogP contribution is 2.20. The minimum absolute atomic E-state index is 0. The molecule has 0 spiro atoms. The van der Waals surface area contributed by atoms with Crippen LogP contribution < -0.4 is 11.1 Å². The van der Waals surface area contributed by atoms with Gasteiger partial charge in [0.15, 0.2) is 0 Å². The van der Waals surface area contributed by atoms with Gasteiger partial charge in [-0.05, 0) is 43.0 Å². The van der Waals surface area contributed by atoms with E-state index in [-0.39, 0.29) is 24.2 Å². The van der Waals surface area contributed by atoms with Crippen LogP contribution in [0.1, 0.15) is 12.8 Å². The van der Waals surface area contributed by atoms with Crippen LogP contribution >= 0.6 is 12.4 Å². The van der Waals surface area contributed by atoms with Gasteiger partial charge < -0.3 is 20.3 Å². The molecule has 1 amide bonds. The monoisotopic (exact) mass is 338 g/mol. The third kappa shape index (κ3) is 4.28. The predicted octanol–water partition coefficient (Wildman–Crippen LogP) is 1.85. The minimum atomic E-state index is -0.513. The SMILES string of the molecule is Cl.NC(C(=O)Nc1ccc(-c2ncon2)cc1)C1CCOCC1. The van der Waals surface area contributed by atoms with Crippen LogP contribution in [0.25, 0.3) is 11.4 Å². The number of halogens is 1. The van der Waals surface area contributed by atoms with Gasteiger partial charge in [-0.15, -0.1) is 12.4 Å². The highest BCUT2D eigenvalue weighted by molar-refractivity contribution is 5.95. The Morgan fingerprint density at radius 3 is 2.57 bits per heavy atom. The second-order valence-corrected chi connectivity index (χ2v) is 5.30. The molecular formula is C15H19ClN4O3. The molecule has 3 rings (SSSR count). The molecule has 1 aliphatic heterocycles. The second kappa shape index (κ2) is 8.05. The quantitative estimate of drug-likeness (QED) is 0.881. The molecular weight excluding hydrogens is 320 g/mol. The predicted molar refractivity (Wildman–Crippen MR) is 87.1 cm³/mol. The fourth-order valence-corrected chi connectivity index (χ4v) is 2.52. The van der Waals surface area contributed by atoms with Crippen molar-refractivity contribution < 1.29 is 14.1 Å². The number of aromatic nitrogens is 2. The standard InChI is InChI=1S/C15H18N4O3.ClH/c16-13(10-5-7-21-8-6-10)15(20)18-12-3-1-11(2-4-12)14-17-9-22-19-14;/h1-4,9-10,13H,5-8,16H2,(H,18,20);1H. The summed E-state index contributed by atoms with van der Waals surface area (Å²) >= 11 is 0. The van der Waals surface area contributed by atoms with E-state index in [1.54, 1.807) is 12.1 Å². The van der Waals surface area contributed by atoms with Crippen molar-refractivity contribution in [2.45, 2.75) is 18.9 Å². The Kier molecular flexibility index (Phi) is 6.09. The molecule has 3 N–H and O–H groups in total. The third-order valence-electron chi connectivity index (χ3n) is 3.85. The number of rotatable bonds is 4. The first-order valence-corrected chi connectivity index (χ1v) is 7.25. The van der Waals surface area contributed by atoms with E-state index in [9.17, 15) is 4.79 Å². The largest absolute Gasteiger partial charge is 0.381 e. The van der Waals surface area contributed by atoms with Gasteiger partial charge in [-0.2, -0.15) is 4.98 Å². The van der Waals surface area contributed by atoms with Gasteiger partial charge in [0.25, 0.3) is 0 Å². The summed E-state index contributed by atoms with van der Waals surface area (Å²) in [5.74, 6) is 0.517. The van der Waals surface area contributed by atoms with Crippen LogP contribution in [0.5, 0.6) is 0 Å². The van der Waals surface area contributed by atoms with Crippen LogP contribution in [0, 0.1) is 5.92 Å². The zero-order valence-electron chi connectivity index (χ0n) is 12.5. The van der Waals surface area contributed by atoms with Gasteiger partial charge in [0.1, 0.15) is 0 Å². The smallest absolute Gasteiger partial charge is 0.241 e. The number of nitrogens with zero attached hydrogens (tertiary/aromatic N) is 2. The molecule has 7 nitrogen and oxygen atoms in total. The number of nitrogens with one attached hydrogen (secondary N) is 1. The van der Waals surface area contributed by atoms with E-state index >= 15 is 0 Å². The molecule has 1 saturated heterocycles. The van der Waals surface area contributed by atoms with Crippen molar-refractivity contribution in [2.75, 3.05) is 18.5 Å². The lowest BCUT2D eigenvalue weighted by molar-refractivity contribution is -0.119. The van der Waals surface area contributed by atoms with Crippen molar-refractivity contribution in [1.29, 1.82) is 0 Å². The van der Waals surface area contributed by atoms with Gasteiger partial charge in [-0.1, -0.05) is 5.16 Å². The van der Waals surface area contributed by atoms with Gasteiger partial charge in [0.2, 0.25) is 18.1 Å². The molecule has 0 aliphatic carbocycles. The van der Waals surface area contributed by atoms with Crippen LogP contribution in [0.15, 0.2) is 35.2 Å². The normalized spacial score (nSPS) is 16.4. The highest BCUT2D eigenvalue weighted by atomic mass is 35.5. The third-order valence-corrected chi connectivity index (χ3v) is 3.85. The summed E-state index contributed by atoms with van der Waals surface area (Å²) in [6.45, 7) is 1.34. The summed E-state index contributed by atoms with van der Waals surface area (Å²) in [6, 6.07) is 6.71. The summed E-state index contributed by atoms with van der Waals surface area (Å²) in [5.41, 5.74) is 7.56. The minimum Gasteiger partial charge on any atom is -0.381 e. The van der Waals surface area contributed by atoms with E-state index in [1.165, 1.54) is 6.39 Å². The van der Waals surface area contributed by atoms with Crippen molar-refractivity contribution in [3.05, 3.63) is 30.7 Å². The van der Waals surface area contributed by atoms with Crippen molar-refractivity contribution in [3.8, 4) is 11.4 Å². The molecule has 0 radical (unpaired) electrons. The molecule has 2 aromatic rings. The lowest BCUT2D eigenvalue weighted by atomic mass is 9.92. The summed E-state index contributed by atoms with van der Waals surface area (Å²) in [6.07, 6.45) is 2.93. The van der Waals surface area contributed by atoms with E-state index in [4.69, 9.17) is 15.0 Å². The lowest BCUT2D eigenvalue weighted by Crippen LogP contribution is -2.43. The average molecular weight is 339 g/mol. The summed E-state index contributed by atoms with van der Waals surface area (Å²) < 4.78 is 9.99. The molecule has 1 atom stereocenters. The molecule has 1 fully saturated rings. The van der Waals surface area contributed by atoms with E-state index in [0.29, 0.717) is 24.7 Å². The first-order valence-electron chi connectivity index (χ1n) is 7.25. The Morgan fingerprint density at radius 2 is 1.96 bits per heavy atom. The number of nitrogens with two attached hydrogens (primary N) is 1. The van der Waals surface area contributed by atoms with E-state index in [2.05, 4.69) is 15.5 Å². The molecule has 8 heteroatoms. The number of ether oxygens (including phenoxy) is 1. The van der Waals surface area contributed by atoms with Crippen molar-refractivity contribution in [1.82, 2.24) is 10.1 Å².